The number of amides is 1. The Hall–Kier alpha value is -2.67. The first-order valence-corrected chi connectivity index (χ1v) is 6.18. The zero-order valence-electron chi connectivity index (χ0n) is 10.7. The van der Waals surface area contributed by atoms with Gasteiger partial charge in [0.15, 0.2) is 0 Å². The molecule has 2 aromatic carbocycles. The van der Waals surface area contributed by atoms with Crippen LogP contribution < -0.4 is 5.32 Å². The summed E-state index contributed by atoms with van der Waals surface area (Å²) in [6.07, 6.45) is -0.0856. The Bertz CT molecular complexity index is 634. The number of carbonyl (C=O) groups is 1. The Labute approximate surface area is 116 Å². The topological polar surface area (TPSA) is 52.9 Å². The first-order chi connectivity index (χ1) is 9.70. The summed E-state index contributed by atoms with van der Waals surface area (Å²) in [5.41, 5.74) is 1.02. The molecule has 0 fully saturated rings. The molecule has 0 radical (unpaired) electrons. The fraction of sp³-hybridized carbons (Fsp3) is 0.125. The number of benzene rings is 2. The van der Waals surface area contributed by atoms with Crippen molar-refractivity contribution >= 4 is 5.91 Å². The van der Waals surface area contributed by atoms with Crippen LogP contribution in [-0.4, -0.2) is 5.91 Å². The van der Waals surface area contributed by atoms with Gasteiger partial charge in [0.25, 0.3) is 0 Å². The van der Waals surface area contributed by atoms with E-state index in [1.54, 1.807) is 42.5 Å². The lowest BCUT2D eigenvalue weighted by Gasteiger charge is -2.12. The molecule has 2 aromatic rings. The van der Waals surface area contributed by atoms with Gasteiger partial charge < -0.3 is 5.32 Å². The van der Waals surface area contributed by atoms with Gasteiger partial charge in [-0.1, -0.05) is 48.5 Å². The van der Waals surface area contributed by atoms with Gasteiger partial charge in [-0.25, -0.2) is 4.39 Å². The molecule has 2 rings (SSSR count). The lowest BCUT2D eigenvalue weighted by Crippen LogP contribution is -2.29. The number of carbonyl (C=O) groups excluding carboxylic acids is 1. The minimum Gasteiger partial charge on any atom is -0.336 e. The molecule has 0 bridgehead atoms. The minimum absolute atomic E-state index is 0.0856. The number of nitriles is 1. The van der Waals surface area contributed by atoms with Crippen LogP contribution >= 0.6 is 0 Å². The van der Waals surface area contributed by atoms with Crippen LogP contribution in [0.4, 0.5) is 4.39 Å². The molecule has 1 atom stereocenters. The Balaban J connectivity index is 2.04. The third kappa shape index (κ3) is 3.42. The quantitative estimate of drug-likeness (QED) is 0.927. The molecule has 4 heteroatoms. The molecule has 1 N–H and O–H groups in total. The van der Waals surface area contributed by atoms with Crippen molar-refractivity contribution in [3.8, 4) is 6.07 Å². The van der Waals surface area contributed by atoms with Crippen LogP contribution in [0.1, 0.15) is 17.2 Å². The minimum atomic E-state index is -0.726. The van der Waals surface area contributed by atoms with Gasteiger partial charge in [-0.2, -0.15) is 5.26 Å². The number of nitrogens with one attached hydrogen (secondary N) is 1. The second-order valence-electron chi connectivity index (χ2n) is 4.31. The van der Waals surface area contributed by atoms with E-state index < -0.39 is 11.9 Å². The molecular formula is C16H13FN2O. The van der Waals surface area contributed by atoms with Gasteiger partial charge in [0.2, 0.25) is 5.91 Å². The summed E-state index contributed by atoms with van der Waals surface area (Å²) in [6, 6.07) is 16.3. The average Bonchev–Trinajstić information content (AvgIpc) is 2.48. The van der Waals surface area contributed by atoms with Crippen LogP contribution in [-0.2, 0) is 11.2 Å². The normalized spacial score (nSPS) is 11.4. The van der Waals surface area contributed by atoms with Gasteiger partial charge in [0, 0.05) is 0 Å². The monoisotopic (exact) mass is 268 g/mol. The average molecular weight is 268 g/mol. The fourth-order valence-electron chi connectivity index (χ4n) is 1.86. The number of hydrogen-bond donors (Lipinski definition) is 1. The molecule has 0 aliphatic heterocycles. The van der Waals surface area contributed by atoms with E-state index >= 15 is 0 Å². The highest BCUT2D eigenvalue weighted by Crippen LogP contribution is 2.12. The Morgan fingerprint density at radius 3 is 2.45 bits per heavy atom. The highest BCUT2D eigenvalue weighted by molar-refractivity contribution is 5.79. The van der Waals surface area contributed by atoms with Crippen LogP contribution in [0.2, 0.25) is 0 Å². The zero-order chi connectivity index (χ0) is 14.4. The predicted molar refractivity (Wildman–Crippen MR) is 73.0 cm³/mol. The molecule has 1 unspecified atom stereocenters. The Morgan fingerprint density at radius 1 is 1.15 bits per heavy atom. The predicted octanol–water partition coefficient (Wildman–Crippen LogP) is 2.75. The summed E-state index contributed by atoms with van der Waals surface area (Å²) in [4.78, 5) is 11.9. The van der Waals surface area contributed by atoms with Crippen molar-refractivity contribution in [3.63, 3.8) is 0 Å². The third-order valence-electron chi connectivity index (χ3n) is 2.88. The van der Waals surface area contributed by atoms with Crippen LogP contribution in [0.5, 0.6) is 0 Å². The van der Waals surface area contributed by atoms with E-state index in [9.17, 15) is 9.18 Å². The third-order valence-corrected chi connectivity index (χ3v) is 2.88. The van der Waals surface area contributed by atoms with Gasteiger partial charge in [-0.15, -0.1) is 0 Å². The first kappa shape index (κ1) is 13.8. The number of rotatable bonds is 4. The molecule has 1 amide bonds. The fourth-order valence-corrected chi connectivity index (χ4v) is 1.86. The molecule has 0 aliphatic carbocycles. The van der Waals surface area contributed by atoms with Gasteiger partial charge in [0.1, 0.15) is 11.9 Å². The highest BCUT2D eigenvalue weighted by atomic mass is 19.1. The van der Waals surface area contributed by atoms with Crippen molar-refractivity contribution < 1.29 is 9.18 Å². The maximum atomic E-state index is 13.4. The highest BCUT2D eigenvalue weighted by Gasteiger charge is 2.14. The molecule has 0 saturated carbocycles. The number of hydrogen-bond acceptors (Lipinski definition) is 2. The molecule has 3 nitrogen and oxygen atoms in total. The smallest absolute Gasteiger partial charge is 0.225 e. The standard InChI is InChI=1S/C16H13FN2O/c17-14-9-5-4-8-13(14)10-16(20)19-15(11-18)12-6-2-1-3-7-12/h1-9,15H,10H2,(H,19,20). The molecule has 0 aromatic heterocycles. The van der Waals surface area contributed by atoms with Crippen molar-refractivity contribution in [2.75, 3.05) is 0 Å². The van der Waals surface area contributed by atoms with E-state index in [1.165, 1.54) is 6.07 Å². The lowest BCUT2D eigenvalue weighted by molar-refractivity contribution is -0.120. The second-order valence-corrected chi connectivity index (χ2v) is 4.31. The van der Waals surface area contributed by atoms with Gasteiger partial charge in [0.05, 0.1) is 12.5 Å². The number of nitrogens with zero attached hydrogens (tertiary/aromatic N) is 1. The maximum absolute atomic E-state index is 13.4. The molecular weight excluding hydrogens is 255 g/mol. The van der Waals surface area contributed by atoms with Gasteiger partial charge in [-0.05, 0) is 17.2 Å². The molecule has 0 saturated heterocycles. The molecule has 0 aliphatic rings. The zero-order valence-corrected chi connectivity index (χ0v) is 10.7. The van der Waals surface area contributed by atoms with Gasteiger partial charge in [-0.3, -0.25) is 4.79 Å². The van der Waals surface area contributed by atoms with Crippen LogP contribution in [0.3, 0.4) is 0 Å². The van der Waals surface area contributed by atoms with Crippen molar-refractivity contribution in [2.45, 2.75) is 12.5 Å². The summed E-state index contributed by atoms with van der Waals surface area (Å²) >= 11 is 0. The van der Waals surface area contributed by atoms with Crippen molar-refractivity contribution in [2.24, 2.45) is 0 Å². The maximum Gasteiger partial charge on any atom is 0.225 e. The van der Waals surface area contributed by atoms with Crippen molar-refractivity contribution in [3.05, 3.63) is 71.5 Å². The van der Waals surface area contributed by atoms with Gasteiger partial charge >= 0.3 is 0 Å². The molecule has 0 heterocycles. The molecule has 20 heavy (non-hydrogen) atoms. The van der Waals surface area contributed by atoms with E-state index in [0.29, 0.717) is 11.1 Å². The largest absolute Gasteiger partial charge is 0.336 e. The van der Waals surface area contributed by atoms with E-state index in [-0.39, 0.29) is 12.3 Å². The van der Waals surface area contributed by atoms with Crippen LogP contribution in [0.15, 0.2) is 54.6 Å². The summed E-state index contributed by atoms with van der Waals surface area (Å²) in [7, 11) is 0. The van der Waals surface area contributed by atoms with E-state index in [0.717, 1.165) is 0 Å². The summed E-state index contributed by atoms with van der Waals surface area (Å²) in [5.74, 6) is -0.804. The summed E-state index contributed by atoms with van der Waals surface area (Å²) in [5, 5.41) is 11.7. The Kier molecular flexibility index (Phi) is 4.46. The SMILES string of the molecule is N#CC(NC(=O)Cc1ccccc1F)c1ccccc1. The van der Waals surface area contributed by atoms with Crippen molar-refractivity contribution in [1.29, 1.82) is 5.26 Å². The van der Waals surface area contributed by atoms with Crippen LogP contribution in [0, 0.1) is 17.1 Å². The Morgan fingerprint density at radius 2 is 1.80 bits per heavy atom. The second kappa shape index (κ2) is 6.48. The molecule has 100 valence electrons. The van der Waals surface area contributed by atoms with E-state index in [2.05, 4.69) is 5.32 Å². The lowest BCUT2D eigenvalue weighted by atomic mass is 10.1. The summed E-state index contributed by atoms with van der Waals surface area (Å²) < 4.78 is 13.4. The van der Waals surface area contributed by atoms with Crippen molar-refractivity contribution in [1.82, 2.24) is 5.32 Å². The summed E-state index contributed by atoms with van der Waals surface area (Å²) in [6.45, 7) is 0. The molecule has 0 spiro atoms. The van der Waals surface area contributed by atoms with E-state index in [1.807, 2.05) is 12.1 Å². The van der Waals surface area contributed by atoms with Crippen LogP contribution in [0.25, 0.3) is 0 Å². The number of halogens is 1. The van der Waals surface area contributed by atoms with E-state index in [4.69, 9.17) is 5.26 Å². The first-order valence-electron chi connectivity index (χ1n) is 6.18.